The van der Waals surface area contributed by atoms with Crippen LogP contribution in [-0.4, -0.2) is 16.0 Å². The number of benzene rings is 2. The van der Waals surface area contributed by atoms with Crippen LogP contribution in [0, 0.1) is 5.82 Å². The Morgan fingerprint density at radius 1 is 1.07 bits per heavy atom. The van der Waals surface area contributed by atoms with E-state index in [0.29, 0.717) is 10.9 Å². The average molecular weight is 446 g/mol. The molecule has 0 unspecified atom stereocenters. The van der Waals surface area contributed by atoms with E-state index in [1.807, 2.05) is 30.3 Å². The molecule has 1 saturated heterocycles. The molecule has 3 aromatic rings. The van der Waals surface area contributed by atoms with Crippen LogP contribution in [-0.2, 0) is 11.3 Å². The molecule has 1 aliphatic rings. The first kappa shape index (κ1) is 19.8. The average Bonchev–Trinajstić information content (AvgIpc) is 3.24. The van der Waals surface area contributed by atoms with E-state index in [9.17, 15) is 14.0 Å². The number of carbonyl (C=O) groups is 2. The largest absolute Gasteiger partial charge is 0.450 e. The molecule has 8 heteroatoms. The summed E-state index contributed by atoms with van der Waals surface area (Å²) in [6.07, 6.45) is 1.52. The van der Waals surface area contributed by atoms with E-state index in [1.54, 1.807) is 12.1 Å². The van der Waals surface area contributed by atoms with E-state index in [1.165, 1.54) is 36.0 Å². The van der Waals surface area contributed by atoms with Gasteiger partial charge in [-0.15, -0.1) is 0 Å². The highest BCUT2D eigenvalue weighted by Crippen LogP contribution is 2.36. The number of nitrogens with zero attached hydrogens (tertiary/aromatic N) is 1. The van der Waals surface area contributed by atoms with Gasteiger partial charge in [0.15, 0.2) is 5.09 Å². The van der Waals surface area contributed by atoms with E-state index in [0.717, 1.165) is 21.6 Å². The monoisotopic (exact) mass is 445 g/mol. The van der Waals surface area contributed by atoms with Gasteiger partial charge in [0.1, 0.15) is 11.6 Å². The quantitative estimate of drug-likeness (QED) is 0.422. The second kappa shape index (κ2) is 8.49. The Hall–Kier alpha value is -2.48. The van der Waals surface area contributed by atoms with Crippen molar-refractivity contribution >= 4 is 52.3 Å². The molecule has 29 heavy (non-hydrogen) atoms. The van der Waals surface area contributed by atoms with Crippen LogP contribution in [0.4, 0.5) is 9.18 Å². The first-order valence-electron chi connectivity index (χ1n) is 8.52. The second-order valence-electron chi connectivity index (χ2n) is 6.04. The summed E-state index contributed by atoms with van der Waals surface area (Å²) in [5.41, 5.74) is 0.109. The predicted molar refractivity (Wildman–Crippen MR) is 112 cm³/mol. The van der Waals surface area contributed by atoms with Gasteiger partial charge < -0.3 is 4.42 Å². The molecule has 4 nitrogen and oxygen atoms in total. The van der Waals surface area contributed by atoms with E-state index < -0.39 is 17.0 Å². The molecule has 2 aromatic carbocycles. The number of imide groups is 1. The molecule has 4 rings (SSSR count). The van der Waals surface area contributed by atoms with Crippen molar-refractivity contribution < 1.29 is 18.4 Å². The third-order valence-electron chi connectivity index (χ3n) is 4.09. The number of carbonyl (C=O) groups excluding carboxylic acids is 2. The Morgan fingerprint density at radius 3 is 2.62 bits per heavy atom. The minimum absolute atomic E-state index is 0.109. The number of thioether (sulfide) groups is 1. The molecule has 0 bridgehead atoms. The van der Waals surface area contributed by atoms with Gasteiger partial charge in [-0.05, 0) is 48.2 Å². The first-order chi connectivity index (χ1) is 14.0. The van der Waals surface area contributed by atoms with Crippen molar-refractivity contribution in [2.75, 3.05) is 0 Å². The van der Waals surface area contributed by atoms with E-state index >= 15 is 0 Å². The molecule has 1 fully saturated rings. The standard InChI is InChI=1S/C21H13ClFNO3S2/c22-16-7-4-8-17(23)15(16)12-24-20(25)18(29-21(24)26)11-13-9-10-19(27-13)28-14-5-2-1-3-6-14/h1-11H,12H2/b18-11-. The van der Waals surface area contributed by atoms with Crippen molar-refractivity contribution in [2.45, 2.75) is 16.5 Å². The SMILES string of the molecule is O=C1S/C(=C\c2ccc(Sc3ccccc3)o2)C(=O)N1Cc1c(F)cccc1Cl. The molecule has 0 atom stereocenters. The molecule has 2 amide bonds. The maximum Gasteiger partial charge on any atom is 0.293 e. The van der Waals surface area contributed by atoms with Crippen LogP contribution in [0.25, 0.3) is 6.08 Å². The highest BCUT2D eigenvalue weighted by molar-refractivity contribution is 8.18. The minimum atomic E-state index is -0.561. The highest BCUT2D eigenvalue weighted by Gasteiger charge is 2.36. The zero-order valence-electron chi connectivity index (χ0n) is 14.8. The lowest BCUT2D eigenvalue weighted by molar-refractivity contribution is -0.123. The van der Waals surface area contributed by atoms with Gasteiger partial charge >= 0.3 is 0 Å². The molecule has 0 saturated carbocycles. The molecular weight excluding hydrogens is 433 g/mol. The third-order valence-corrected chi connectivity index (χ3v) is 6.28. The van der Waals surface area contributed by atoms with Crippen LogP contribution in [0.15, 0.2) is 80.0 Å². The maximum atomic E-state index is 14.0. The van der Waals surface area contributed by atoms with Crippen molar-refractivity contribution in [3.63, 3.8) is 0 Å². The smallest absolute Gasteiger partial charge is 0.293 e. The second-order valence-corrected chi connectivity index (χ2v) is 8.52. The number of rotatable bonds is 5. The first-order valence-corrected chi connectivity index (χ1v) is 10.5. The summed E-state index contributed by atoms with van der Waals surface area (Å²) < 4.78 is 19.7. The Balaban J connectivity index is 1.51. The lowest BCUT2D eigenvalue weighted by Crippen LogP contribution is -2.28. The number of amides is 2. The van der Waals surface area contributed by atoms with Crippen LogP contribution >= 0.6 is 35.1 Å². The van der Waals surface area contributed by atoms with Crippen molar-refractivity contribution in [2.24, 2.45) is 0 Å². The van der Waals surface area contributed by atoms with E-state index in [4.69, 9.17) is 16.0 Å². The van der Waals surface area contributed by atoms with Crippen molar-refractivity contribution in [3.8, 4) is 0 Å². The molecule has 146 valence electrons. The molecular formula is C21H13ClFNO3S2. The normalized spacial score (nSPS) is 15.5. The molecule has 0 N–H and O–H groups in total. The van der Waals surface area contributed by atoms with Gasteiger partial charge in [0, 0.05) is 21.6 Å². The van der Waals surface area contributed by atoms with Crippen LogP contribution in [0.5, 0.6) is 0 Å². The fraction of sp³-hybridized carbons (Fsp3) is 0.0476. The Kier molecular flexibility index (Phi) is 5.80. The molecule has 2 heterocycles. The number of furan rings is 1. The van der Waals surface area contributed by atoms with Crippen LogP contribution in [0.3, 0.4) is 0 Å². The fourth-order valence-corrected chi connectivity index (χ4v) is 4.52. The van der Waals surface area contributed by atoms with Crippen LogP contribution in [0.1, 0.15) is 11.3 Å². The number of hydrogen-bond donors (Lipinski definition) is 0. The molecule has 1 aromatic heterocycles. The summed E-state index contributed by atoms with van der Waals surface area (Å²) >= 11 is 8.25. The van der Waals surface area contributed by atoms with Gasteiger partial charge in [-0.1, -0.05) is 47.6 Å². The maximum absolute atomic E-state index is 14.0. The Morgan fingerprint density at radius 2 is 1.86 bits per heavy atom. The molecule has 1 aliphatic heterocycles. The summed E-state index contributed by atoms with van der Waals surface area (Å²) in [7, 11) is 0. The lowest BCUT2D eigenvalue weighted by Gasteiger charge is -2.14. The van der Waals surface area contributed by atoms with Crippen LogP contribution < -0.4 is 0 Å². The van der Waals surface area contributed by atoms with Gasteiger partial charge in [0.05, 0.1) is 11.4 Å². The highest BCUT2D eigenvalue weighted by atomic mass is 35.5. The topological polar surface area (TPSA) is 50.5 Å². The van der Waals surface area contributed by atoms with Gasteiger partial charge in [0.2, 0.25) is 0 Å². The molecule has 0 spiro atoms. The van der Waals surface area contributed by atoms with Crippen LogP contribution in [0.2, 0.25) is 5.02 Å². The van der Waals surface area contributed by atoms with Gasteiger partial charge in [0.25, 0.3) is 11.1 Å². The van der Waals surface area contributed by atoms with Crippen molar-refractivity contribution in [1.82, 2.24) is 4.90 Å². The summed E-state index contributed by atoms with van der Waals surface area (Å²) in [6.45, 7) is -0.221. The van der Waals surface area contributed by atoms with Crippen molar-refractivity contribution in [1.29, 1.82) is 0 Å². The number of halogens is 2. The van der Waals surface area contributed by atoms with Crippen molar-refractivity contribution in [3.05, 3.63) is 87.7 Å². The van der Waals surface area contributed by atoms with Gasteiger partial charge in [-0.2, -0.15) is 0 Å². The Labute approximate surface area is 179 Å². The predicted octanol–water partition coefficient (Wildman–Crippen LogP) is 6.46. The lowest BCUT2D eigenvalue weighted by atomic mass is 10.2. The van der Waals surface area contributed by atoms with E-state index in [-0.39, 0.29) is 22.0 Å². The Bertz CT molecular complexity index is 1090. The molecule has 0 aliphatic carbocycles. The summed E-state index contributed by atoms with van der Waals surface area (Å²) in [5, 5.41) is 0.354. The van der Waals surface area contributed by atoms with E-state index in [2.05, 4.69) is 0 Å². The summed E-state index contributed by atoms with van der Waals surface area (Å²) in [6, 6.07) is 17.5. The van der Waals surface area contributed by atoms with Gasteiger partial charge in [-0.25, -0.2) is 4.39 Å². The molecule has 0 radical (unpaired) electrons. The number of hydrogen-bond acceptors (Lipinski definition) is 5. The third kappa shape index (κ3) is 4.42. The summed E-state index contributed by atoms with van der Waals surface area (Å²) in [5.74, 6) is -0.611. The minimum Gasteiger partial charge on any atom is -0.450 e. The summed E-state index contributed by atoms with van der Waals surface area (Å²) in [4.78, 5) is 27.1. The zero-order valence-corrected chi connectivity index (χ0v) is 17.2. The van der Waals surface area contributed by atoms with Gasteiger partial charge in [-0.3, -0.25) is 14.5 Å². The fourth-order valence-electron chi connectivity index (χ4n) is 2.68. The zero-order chi connectivity index (χ0) is 20.4.